The molecule has 0 unspecified atom stereocenters. The molecule has 5 heteroatoms. The first kappa shape index (κ1) is 12.0. The van der Waals surface area contributed by atoms with E-state index in [1.165, 1.54) is 0 Å². The summed E-state index contributed by atoms with van der Waals surface area (Å²) in [5.41, 5.74) is 1.07. The number of rotatable bonds is 3. The Morgan fingerprint density at radius 2 is 2.12 bits per heavy atom. The lowest BCUT2D eigenvalue weighted by Gasteiger charge is -2.07. The molecule has 0 N–H and O–H groups in total. The van der Waals surface area contributed by atoms with Gasteiger partial charge in [0.2, 0.25) is 0 Å². The second kappa shape index (κ2) is 4.84. The fraction of sp³-hybridized carbons (Fsp3) is 0.333. The number of nitrogens with zero attached hydrogens (tertiary/aromatic N) is 3. The van der Waals surface area contributed by atoms with Gasteiger partial charge in [-0.3, -0.25) is 0 Å². The number of hydrogen-bond donors (Lipinski definition) is 0. The summed E-state index contributed by atoms with van der Waals surface area (Å²) in [6.07, 6.45) is 0. The van der Waals surface area contributed by atoms with Crippen LogP contribution in [0.1, 0.15) is 18.3 Å². The van der Waals surface area contributed by atoms with E-state index in [4.69, 9.17) is 11.6 Å². The summed E-state index contributed by atoms with van der Waals surface area (Å²) in [5.74, 6) is 1.21. The molecule has 0 amide bonds. The summed E-state index contributed by atoms with van der Waals surface area (Å²) in [6, 6.07) is 5.24. The topological polar surface area (TPSA) is 30.7 Å². The molecule has 0 bridgehead atoms. The van der Waals surface area contributed by atoms with E-state index in [1.807, 2.05) is 17.6 Å². The summed E-state index contributed by atoms with van der Waals surface area (Å²) in [4.78, 5) is 0. The molecule has 90 valence electrons. The van der Waals surface area contributed by atoms with E-state index in [0.29, 0.717) is 29.3 Å². The normalized spacial score (nSPS) is 10.8. The molecule has 1 aromatic heterocycles. The molecule has 1 heterocycles. The van der Waals surface area contributed by atoms with Crippen LogP contribution >= 0.6 is 11.6 Å². The van der Waals surface area contributed by atoms with E-state index < -0.39 is 0 Å². The highest BCUT2D eigenvalue weighted by atomic mass is 35.5. The Morgan fingerprint density at radius 1 is 1.35 bits per heavy atom. The minimum Gasteiger partial charge on any atom is -0.310 e. The summed E-state index contributed by atoms with van der Waals surface area (Å²) in [6.45, 7) is 4.35. The molecule has 2 aromatic rings. The minimum absolute atomic E-state index is 0.254. The number of hydrogen-bond acceptors (Lipinski definition) is 2. The van der Waals surface area contributed by atoms with Crippen LogP contribution in [-0.2, 0) is 12.4 Å². The maximum absolute atomic E-state index is 14.0. The maximum atomic E-state index is 14.0. The van der Waals surface area contributed by atoms with E-state index >= 15 is 0 Å². The monoisotopic (exact) mass is 253 g/mol. The van der Waals surface area contributed by atoms with Crippen molar-refractivity contribution in [2.24, 2.45) is 0 Å². The van der Waals surface area contributed by atoms with Crippen molar-refractivity contribution in [3.63, 3.8) is 0 Å². The first-order chi connectivity index (χ1) is 8.19. The quantitative estimate of drug-likeness (QED) is 0.787. The van der Waals surface area contributed by atoms with Gasteiger partial charge in [0.05, 0.1) is 11.4 Å². The van der Waals surface area contributed by atoms with Gasteiger partial charge < -0.3 is 4.57 Å². The van der Waals surface area contributed by atoms with Crippen molar-refractivity contribution in [3.8, 4) is 11.4 Å². The van der Waals surface area contributed by atoms with Gasteiger partial charge >= 0.3 is 0 Å². The predicted molar refractivity (Wildman–Crippen MR) is 65.4 cm³/mol. The van der Waals surface area contributed by atoms with Crippen LogP contribution in [0.2, 0.25) is 0 Å². The number of aryl methyl sites for hydroxylation is 1. The van der Waals surface area contributed by atoms with Crippen molar-refractivity contribution in [2.45, 2.75) is 26.3 Å². The van der Waals surface area contributed by atoms with Crippen LogP contribution in [0.25, 0.3) is 11.4 Å². The molecule has 0 aliphatic rings. The van der Waals surface area contributed by atoms with Gasteiger partial charge in [0, 0.05) is 6.54 Å². The molecule has 0 atom stereocenters. The van der Waals surface area contributed by atoms with Gasteiger partial charge in [0.1, 0.15) is 11.6 Å². The Balaban J connectivity index is 2.60. The van der Waals surface area contributed by atoms with Crippen molar-refractivity contribution < 1.29 is 4.39 Å². The molecular weight excluding hydrogens is 241 g/mol. The van der Waals surface area contributed by atoms with Gasteiger partial charge in [0.15, 0.2) is 5.82 Å². The highest BCUT2D eigenvalue weighted by Crippen LogP contribution is 2.24. The highest BCUT2D eigenvalue weighted by Gasteiger charge is 2.16. The van der Waals surface area contributed by atoms with E-state index in [-0.39, 0.29) is 11.7 Å². The predicted octanol–water partition coefficient (Wildman–Crippen LogP) is 3.15. The Hall–Kier alpha value is -1.42. The Morgan fingerprint density at radius 3 is 2.76 bits per heavy atom. The zero-order chi connectivity index (χ0) is 12.4. The summed E-state index contributed by atoms with van der Waals surface area (Å²) in [7, 11) is 0. The molecule has 0 spiro atoms. The number of alkyl halides is 1. The van der Waals surface area contributed by atoms with Crippen molar-refractivity contribution in [2.75, 3.05) is 0 Å². The molecule has 0 radical (unpaired) electrons. The third kappa shape index (κ3) is 2.05. The van der Waals surface area contributed by atoms with Crippen molar-refractivity contribution in [1.29, 1.82) is 0 Å². The molecule has 0 saturated carbocycles. The second-order valence-electron chi connectivity index (χ2n) is 3.75. The third-order valence-corrected chi connectivity index (χ3v) is 2.93. The summed E-state index contributed by atoms with van der Waals surface area (Å²) >= 11 is 5.77. The lowest BCUT2D eigenvalue weighted by molar-refractivity contribution is 0.617. The van der Waals surface area contributed by atoms with Gasteiger partial charge in [0.25, 0.3) is 0 Å². The smallest absolute Gasteiger partial charge is 0.166 e. The lowest BCUT2D eigenvalue weighted by Crippen LogP contribution is -2.03. The second-order valence-corrected chi connectivity index (χ2v) is 4.02. The molecule has 0 aliphatic carbocycles. The van der Waals surface area contributed by atoms with Crippen molar-refractivity contribution in [1.82, 2.24) is 14.8 Å². The molecule has 17 heavy (non-hydrogen) atoms. The van der Waals surface area contributed by atoms with E-state index in [1.54, 1.807) is 19.1 Å². The standard InChI is InChI=1S/C12H13ClFN3/c1-3-17-10(7-13)15-16-12(17)9-6-4-5-8(2)11(9)14/h4-6H,3,7H2,1-2H3. The number of halogens is 2. The van der Waals surface area contributed by atoms with E-state index in [9.17, 15) is 4.39 Å². The van der Waals surface area contributed by atoms with Gasteiger partial charge in [-0.1, -0.05) is 12.1 Å². The van der Waals surface area contributed by atoms with Crippen LogP contribution in [0.3, 0.4) is 0 Å². The fourth-order valence-corrected chi connectivity index (χ4v) is 1.98. The average molecular weight is 254 g/mol. The van der Waals surface area contributed by atoms with E-state index in [0.717, 1.165) is 0 Å². The highest BCUT2D eigenvalue weighted by molar-refractivity contribution is 6.16. The zero-order valence-corrected chi connectivity index (χ0v) is 10.5. The lowest BCUT2D eigenvalue weighted by atomic mass is 10.1. The van der Waals surface area contributed by atoms with Crippen LogP contribution < -0.4 is 0 Å². The zero-order valence-electron chi connectivity index (χ0n) is 9.74. The van der Waals surface area contributed by atoms with Gasteiger partial charge in [-0.2, -0.15) is 0 Å². The molecule has 0 aliphatic heterocycles. The molecule has 2 rings (SSSR count). The summed E-state index contributed by atoms with van der Waals surface area (Å²) < 4.78 is 15.8. The van der Waals surface area contributed by atoms with Gasteiger partial charge in [-0.15, -0.1) is 21.8 Å². The van der Waals surface area contributed by atoms with Gasteiger partial charge in [-0.25, -0.2) is 4.39 Å². The first-order valence-corrected chi connectivity index (χ1v) is 5.96. The molecule has 0 saturated heterocycles. The van der Waals surface area contributed by atoms with Crippen LogP contribution in [-0.4, -0.2) is 14.8 Å². The van der Waals surface area contributed by atoms with Crippen LogP contribution in [0.15, 0.2) is 18.2 Å². The SMILES string of the molecule is CCn1c(CCl)nnc1-c1cccc(C)c1F. The van der Waals surface area contributed by atoms with Crippen molar-refractivity contribution in [3.05, 3.63) is 35.4 Å². The molecular formula is C12H13ClFN3. The Labute approximate surface area is 104 Å². The Kier molecular flexibility index (Phi) is 3.43. The Bertz CT molecular complexity index is 537. The fourth-order valence-electron chi connectivity index (χ4n) is 1.79. The van der Waals surface area contributed by atoms with E-state index in [2.05, 4.69) is 10.2 Å². The van der Waals surface area contributed by atoms with Crippen LogP contribution in [0.4, 0.5) is 4.39 Å². The van der Waals surface area contributed by atoms with Crippen LogP contribution in [0, 0.1) is 12.7 Å². The number of aromatic nitrogens is 3. The minimum atomic E-state index is -0.254. The number of benzene rings is 1. The molecule has 0 fully saturated rings. The van der Waals surface area contributed by atoms with Crippen LogP contribution in [0.5, 0.6) is 0 Å². The molecule has 1 aromatic carbocycles. The largest absolute Gasteiger partial charge is 0.310 e. The average Bonchev–Trinajstić information content (AvgIpc) is 2.75. The maximum Gasteiger partial charge on any atom is 0.166 e. The van der Waals surface area contributed by atoms with Gasteiger partial charge in [-0.05, 0) is 25.5 Å². The van der Waals surface area contributed by atoms with Crippen molar-refractivity contribution >= 4 is 11.6 Å². The summed E-state index contributed by atoms with van der Waals surface area (Å²) in [5, 5.41) is 7.99. The first-order valence-electron chi connectivity index (χ1n) is 5.42. The molecule has 3 nitrogen and oxygen atoms in total. The third-order valence-electron chi connectivity index (χ3n) is 2.70.